The predicted octanol–water partition coefficient (Wildman–Crippen LogP) is -2.60. The molecule has 0 aliphatic carbocycles. The maximum Gasteiger partial charge on any atom is 0.174 e. The molecule has 1 N–H and O–H groups in total. The normalized spacial score (nSPS) is 5.00. The molecule has 0 spiro atoms. The minimum absolute atomic E-state index is 0. The summed E-state index contributed by atoms with van der Waals surface area (Å²) in [4.78, 5) is 2.89. The standard InChI is InChI=1S/BH6NSi.Ti/c1-2-3;/h2H,1H2,3H3;. The van der Waals surface area contributed by atoms with Gasteiger partial charge in [0.25, 0.3) is 0 Å². The number of hydrogen-bond donors (Lipinski definition) is 1. The molecule has 0 saturated heterocycles. The molecule has 0 aliphatic heterocycles. The molecular formula is H6BNSiTi. The van der Waals surface area contributed by atoms with E-state index >= 15 is 0 Å². The molecule has 0 amide bonds. The fourth-order valence-electron chi connectivity index (χ4n) is 0. The van der Waals surface area contributed by atoms with Crippen LogP contribution in [-0.4, -0.2) is 18.4 Å². The van der Waals surface area contributed by atoms with Crippen LogP contribution in [0.1, 0.15) is 0 Å². The molecule has 0 rings (SSSR count). The Morgan fingerprint density at radius 2 is 1.75 bits per heavy atom. The van der Waals surface area contributed by atoms with Crippen LogP contribution < -0.4 is 4.89 Å². The average molecular weight is 107 g/mol. The van der Waals surface area contributed by atoms with Crippen molar-refractivity contribution in [2.45, 2.75) is 0 Å². The quantitative estimate of drug-likeness (QED) is 0.334. The number of rotatable bonds is 0. The molecule has 0 radical (unpaired) electrons. The monoisotopic (exact) mass is 107 g/mol. The predicted molar refractivity (Wildman–Crippen MR) is 21.6 cm³/mol. The van der Waals surface area contributed by atoms with E-state index < -0.39 is 0 Å². The molecule has 0 aromatic rings. The van der Waals surface area contributed by atoms with E-state index in [0.717, 1.165) is 10.4 Å². The average Bonchev–Trinajstić information content (AvgIpc) is 0.918. The molecule has 0 aromatic heterocycles. The summed E-state index contributed by atoms with van der Waals surface area (Å²) in [5.41, 5.74) is 0. The SMILES string of the molecule is BN[SiH3].[Ti]. The minimum Gasteiger partial charge on any atom is -0.392 e. The fourth-order valence-corrected chi connectivity index (χ4v) is 0. The molecule has 0 heterocycles. The second-order valence-corrected chi connectivity index (χ2v) is 1.50. The van der Waals surface area contributed by atoms with Crippen LogP contribution in [0.2, 0.25) is 0 Å². The van der Waals surface area contributed by atoms with Gasteiger partial charge in [-0.1, -0.05) is 0 Å². The van der Waals surface area contributed by atoms with E-state index in [0.29, 0.717) is 0 Å². The Bertz CT molecular complexity index is 8.00. The third kappa shape index (κ3) is 12.4. The van der Waals surface area contributed by atoms with Crippen LogP contribution >= 0.6 is 0 Å². The van der Waals surface area contributed by atoms with Gasteiger partial charge >= 0.3 is 0 Å². The number of hydrogen-bond acceptors (Lipinski definition) is 1. The summed E-state index contributed by atoms with van der Waals surface area (Å²) in [5, 5.41) is 0. The molecule has 0 unspecified atom stereocenters. The van der Waals surface area contributed by atoms with Crippen molar-refractivity contribution in [3.05, 3.63) is 0 Å². The van der Waals surface area contributed by atoms with Crippen LogP contribution in [0.15, 0.2) is 0 Å². The third-order valence-electron chi connectivity index (χ3n) is 0. The second kappa shape index (κ2) is 9.03. The zero-order valence-corrected chi connectivity index (χ0v) is 6.56. The van der Waals surface area contributed by atoms with Crippen molar-refractivity contribution in [1.29, 1.82) is 0 Å². The van der Waals surface area contributed by atoms with Crippen molar-refractivity contribution in [3.63, 3.8) is 0 Å². The van der Waals surface area contributed by atoms with E-state index in [4.69, 9.17) is 0 Å². The van der Waals surface area contributed by atoms with Crippen molar-refractivity contribution >= 4 is 18.4 Å². The summed E-state index contributed by atoms with van der Waals surface area (Å²) in [7, 11) is 3.06. The molecule has 0 atom stereocenters. The van der Waals surface area contributed by atoms with Crippen LogP contribution in [0.4, 0.5) is 0 Å². The Hall–Kier alpha value is 0.956. The van der Waals surface area contributed by atoms with Crippen molar-refractivity contribution in [3.8, 4) is 0 Å². The van der Waals surface area contributed by atoms with Crippen LogP contribution in [0.3, 0.4) is 0 Å². The zero-order valence-electron chi connectivity index (χ0n) is 3.00. The Morgan fingerprint density at radius 1 is 1.75 bits per heavy atom. The maximum absolute atomic E-state index is 2.89. The summed E-state index contributed by atoms with van der Waals surface area (Å²) in [6.07, 6.45) is 0. The summed E-state index contributed by atoms with van der Waals surface area (Å²) >= 11 is 0. The Kier molecular flexibility index (Phi) is 20.0. The third-order valence-corrected chi connectivity index (χ3v) is 0. The Morgan fingerprint density at radius 3 is 1.75 bits per heavy atom. The van der Waals surface area contributed by atoms with Crippen molar-refractivity contribution in [1.82, 2.24) is 4.89 Å². The topological polar surface area (TPSA) is 12.0 Å². The van der Waals surface area contributed by atoms with Gasteiger partial charge in [-0.3, -0.25) is 0 Å². The van der Waals surface area contributed by atoms with Crippen LogP contribution in [-0.2, 0) is 21.7 Å². The van der Waals surface area contributed by atoms with E-state index in [9.17, 15) is 0 Å². The largest absolute Gasteiger partial charge is 0.392 e. The summed E-state index contributed by atoms with van der Waals surface area (Å²) in [6.45, 7) is 0. The number of nitrogens with one attached hydrogen (secondary N) is 1. The van der Waals surface area contributed by atoms with E-state index in [1.165, 1.54) is 0 Å². The van der Waals surface area contributed by atoms with E-state index in [1.807, 2.05) is 7.98 Å². The van der Waals surface area contributed by atoms with Crippen LogP contribution in [0.25, 0.3) is 0 Å². The molecule has 0 fully saturated rings. The molecule has 0 saturated carbocycles. The first kappa shape index (κ1) is 8.88. The van der Waals surface area contributed by atoms with E-state index in [-0.39, 0.29) is 21.7 Å². The van der Waals surface area contributed by atoms with Gasteiger partial charge in [-0.2, -0.15) is 0 Å². The van der Waals surface area contributed by atoms with Crippen LogP contribution in [0, 0.1) is 0 Å². The first-order valence-electron chi connectivity index (χ1n) is 1.00. The first-order chi connectivity index (χ1) is 1.41. The smallest absolute Gasteiger partial charge is 0.174 e. The summed E-state index contributed by atoms with van der Waals surface area (Å²) in [6, 6.07) is 0. The van der Waals surface area contributed by atoms with Gasteiger partial charge in [-0.25, -0.2) is 0 Å². The fraction of sp³-hybridized carbons (Fsp3) is 0. The molecule has 0 bridgehead atoms. The molecular weight excluding hydrogens is 101 g/mol. The van der Waals surface area contributed by atoms with Gasteiger partial charge in [-0.05, 0) is 0 Å². The molecule has 22 valence electrons. The van der Waals surface area contributed by atoms with Gasteiger partial charge < -0.3 is 4.89 Å². The van der Waals surface area contributed by atoms with Crippen LogP contribution in [0.5, 0.6) is 0 Å². The Balaban J connectivity index is 0. The van der Waals surface area contributed by atoms with Gasteiger partial charge in [0.1, 0.15) is 0 Å². The van der Waals surface area contributed by atoms with E-state index in [2.05, 4.69) is 4.89 Å². The molecule has 4 heteroatoms. The van der Waals surface area contributed by atoms with Crippen molar-refractivity contribution in [2.24, 2.45) is 0 Å². The van der Waals surface area contributed by atoms with Gasteiger partial charge in [0, 0.05) is 21.7 Å². The Labute approximate surface area is 45.4 Å². The van der Waals surface area contributed by atoms with Gasteiger partial charge in [0.05, 0.1) is 10.4 Å². The summed E-state index contributed by atoms with van der Waals surface area (Å²) in [5.74, 6) is 0. The molecule has 4 heavy (non-hydrogen) atoms. The maximum atomic E-state index is 2.89. The molecule has 1 nitrogen and oxygen atoms in total. The second-order valence-electron chi connectivity index (χ2n) is 0.500. The minimum atomic E-state index is 0. The van der Waals surface area contributed by atoms with Crippen molar-refractivity contribution < 1.29 is 21.7 Å². The molecule has 0 aromatic carbocycles. The van der Waals surface area contributed by atoms with Gasteiger partial charge in [0.15, 0.2) is 7.98 Å². The van der Waals surface area contributed by atoms with E-state index in [1.54, 1.807) is 0 Å². The van der Waals surface area contributed by atoms with Gasteiger partial charge in [0.2, 0.25) is 0 Å². The summed E-state index contributed by atoms with van der Waals surface area (Å²) < 4.78 is 0. The van der Waals surface area contributed by atoms with Gasteiger partial charge in [-0.15, -0.1) is 0 Å². The zero-order chi connectivity index (χ0) is 2.71. The molecule has 0 aliphatic rings. The first-order valence-corrected chi connectivity index (χ1v) is 2.00. The van der Waals surface area contributed by atoms with Crippen molar-refractivity contribution in [2.75, 3.05) is 0 Å².